The third kappa shape index (κ3) is 3.30. The number of allylic oxidation sites excluding steroid dienone is 6. The van der Waals surface area contributed by atoms with Crippen LogP contribution in [0.15, 0.2) is 34.7 Å². The lowest BCUT2D eigenvalue weighted by molar-refractivity contribution is -0.224. The van der Waals surface area contributed by atoms with E-state index in [1.54, 1.807) is 0 Å². The van der Waals surface area contributed by atoms with Crippen LogP contribution in [0.2, 0.25) is 0 Å². The summed E-state index contributed by atoms with van der Waals surface area (Å²) >= 11 is 0. The molecule has 2 fully saturated rings. The van der Waals surface area contributed by atoms with Crippen LogP contribution < -0.4 is 0 Å². The average Bonchev–Trinajstić information content (AvgIpc) is 2.53. The second-order valence-electron chi connectivity index (χ2n) is 6.49. The van der Waals surface area contributed by atoms with Gasteiger partial charge in [-0.25, -0.2) is 13.2 Å². The van der Waals surface area contributed by atoms with Crippen LogP contribution in [-0.4, -0.2) is 19.5 Å². The molecule has 0 aromatic heterocycles. The molecule has 0 bridgehead atoms. The fraction of sp³-hybridized carbons (Fsp3) is 0.647. The molecule has 3 aliphatic rings. The highest BCUT2D eigenvalue weighted by Crippen LogP contribution is 2.39. The standard InChI is InChI=1S/C17H21F3O2/c1-10-8-21-17(22-9-10)12-4-2-11(3-5-12)13-6-14(18)16(20)15(19)7-13/h6,10,12,17H,2-5,7-9H2,1H3. The van der Waals surface area contributed by atoms with Crippen LogP contribution in [0.3, 0.4) is 0 Å². The quantitative estimate of drug-likeness (QED) is 0.686. The van der Waals surface area contributed by atoms with Crippen LogP contribution in [0.5, 0.6) is 0 Å². The molecule has 0 aromatic rings. The minimum absolute atomic E-state index is 0.132. The molecule has 1 aliphatic heterocycles. The first kappa shape index (κ1) is 15.8. The van der Waals surface area contributed by atoms with Gasteiger partial charge in [-0.2, -0.15) is 0 Å². The molecule has 0 unspecified atom stereocenters. The van der Waals surface area contributed by atoms with Gasteiger partial charge in [0.05, 0.1) is 13.2 Å². The minimum Gasteiger partial charge on any atom is -0.352 e. The molecule has 3 rings (SSSR count). The molecule has 0 aromatic carbocycles. The van der Waals surface area contributed by atoms with E-state index < -0.39 is 17.5 Å². The summed E-state index contributed by atoms with van der Waals surface area (Å²) in [7, 11) is 0. The van der Waals surface area contributed by atoms with Gasteiger partial charge in [-0.3, -0.25) is 0 Å². The molecule has 0 amide bonds. The predicted octanol–water partition coefficient (Wildman–Crippen LogP) is 4.89. The van der Waals surface area contributed by atoms with E-state index in [4.69, 9.17) is 9.47 Å². The Morgan fingerprint density at radius 2 is 1.68 bits per heavy atom. The SMILES string of the molecule is CC1COC(C2CCC(=C3C=C(F)C(F)=C(F)C3)CC2)OC1. The third-order valence-electron chi connectivity index (χ3n) is 4.66. The van der Waals surface area contributed by atoms with Crippen molar-refractivity contribution in [1.29, 1.82) is 0 Å². The molecule has 1 saturated heterocycles. The second kappa shape index (κ2) is 6.59. The molecule has 22 heavy (non-hydrogen) atoms. The lowest BCUT2D eigenvalue weighted by atomic mass is 9.81. The Morgan fingerprint density at radius 1 is 1.05 bits per heavy atom. The topological polar surface area (TPSA) is 18.5 Å². The monoisotopic (exact) mass is 314 g/mol. The smallest absolute Gasteiger partial charge is 0.190 e. The van der Waals surface area contributed by atoms with E-state index >= 15 is 0 Å². The third-order valence-corrected chi connectivity index (χ3v) is 4.66. The summed E-state index contributed by atoms with van der Waals surface area (Å²) in [6, 6.07) is 0. The normalized spacial score (nSPS) is 34.0. The van der Waals surface area contributed by atoms with Crippen LogP contribution in [0, 0.1) is 11.8 Å². The minimum atomic E-state index is -1.35. The van der Waals surface area contributed by atoms with Gasteiger partial charge in [0.1, 0.15) is 5.83 Å². The summed E-state index contributed by atoms with van der Waals surface area (Å²) in [6.07, 6.45) is 4.13. The highest BCUT2D eigenvalue weighted by Gasteiger charge is 2.31. The molecule has 122 valence electrons. The first-order valence-corrected chi connectivity index (χ1v) is 7.90. The predicted molar refractivity (Wildman–Crippen MR) is 76.9 cm³/mol. The summed E-state index contributed by atoms with van der Waals surface area (Å²) in [5, 5.41) is 0. The van der Waals surface area contributed by atoms with Gasteiger partial charge in [-0.05, 0) is 37.3 Å². The van der Waals surface area contributed by atoms with Crippen molar-refractivity contribution in [1.82, 2.24) is 0 Å². The molecular weight excluding hydrogens is 293 g/mol. The highest BCUT2D eigenvalue weighted by atomic mass is 19.2. The maximum Gasteiger partial charge on any atom is 0.190 e. The first-order valence-electron chi connectivity index (χ1n) is 7.90. The Morgan fingerprint density at radius 3 is 2.27 bits per heavy atom. The highest BCUT2D eigenvalue weighted by molar-refractivity contribution is 5.41. The summed E-state index contributed by atoms with van der Waals surface area (Å²) in [5.74, 6) is -2.70. The molecular formula is C17H21F3O2. The van der Waals surface area contributed by atoms with Gasteiger partial charge in [-0.15, -0.1) is 0 Å². The zero-order chi connectivity index (χ0) is 15.7. The van der Waals surface area contributed by atoms with Crippen molar-refractivity contribution in [2.45, 2.75) is 45.3 Å². The van der Waals surface area contributed by atoms with Crippen molar-refractivity contribution >= 4 is 0 Å². The van der Waals surface area contributed by atoms with Gasteiger partial charge in [0.15, 0.2) is 17.9 Å². The first-order chi connectivity index (χ1) is 10.5. The molecule has 0 radical (unpaired) electrons. The maximum absolute atomic E-state index is 13.4. The van der Waals surface area contributed by atoms with Gasteiger partial charge in [0, 0.05) is 18.3 Å². The van der Waals surface area contributed by atoms with Gasteiger partial charge in [-0.1, -0.05) is 12.5 Å². The van der Waals surface area contributed by atoms with Crippen LogP contribution in [0.1, 0.15) is 39.0 Å². The molecule has 0 atom stereocenters. The Balaban J connectivity index is 1.61. The Labute approximate surface area is 128 Å². The Bertz CT molecular complexity index is 518. The molecule has 5 heteroatoms. The van der Waals surface area contributed by atoms with Crippen molar-refractivity contribution in [2.24, 2.45) is 11.8 Å². The van der Waals surface area contributed by atoms with E-state index in [0.29, 0.717) is 17.4 Å². The van der Waals surface area contributed by atoms with Crippen molar-refractivity contribution in [3.63, 3.8) is 0 Å². The molecule has 2 nitrogen and oxygen atoms in total. The van der Waals surface area contributed by atoms with Crippen molar-refractivity contribution in [3.05, 3.63) is 34.7 Å². The van der Waals surface area contributed by atoms with Gasteiger partial charge >= 0.3 is 0 Å². The van der Waals surface area contributed by atoms with Crippen LogP contribution in [-0.2, 0) is 9.47 Å². The summed E-state index contributed by atoms with van der Waals surface area (Å²) in [5.41, 5.74) is 1.62. The van der Waals surface area contributed by atoms with Crippen molar-refractivity contribution in [3.8, 4) is 0 Å². The molecule has 0 spiro atoms. The lowest BCUT2D eigenvalue weighted by Crippen LogP contribution is -2.37. The largest absolute Gasteiger partial charge is 0.352 e. The average molecular weight is 314 g/mol. The fourth-order valence-electron chi connectivity index (χ4n) is 3.34. The second-order valence-corrected chi connectivity index (χ2v) is 6.49. The van der Waals surface area contributed by atoms with Gasteiger partial charge < -0.3 is 9.47 Å². The Kier molecular flexibility index (Phi) is 4.73. The van der Waals surface area contributed by atoms with Crippen LogP contribution >= 0.6 is 0 Å². The van der Waals surface area contributed by atoms with Crippen LogP contribution in [0.25, 0.3) is 0 Å². The zero-order valence-electron chi connectivity index (χ0n) is 12.7. The molecule has 0 N–H and O–H groups in total. The van der Waals surface area contributed by atoms with Gasteiger partial charge in [0.2, 0.25) is 0 Å². The summed E-state index contributed by atoms with van der Waals surface area (Å²) in [6.45, 7) is 3.53. The summed E-state index contributed by atoms with van der Waals surface area (Å²) in [4.78, 5) is 0. The number of hydrogen-bond acceptors (Lipinski definition) is 2. The Hall–Kier alpha value is -1.07. The van der Waals surface area contributed by atoms with E-state index in [0.717, 1.165) is 50.5 Å². The van der Waals surface area contributed by atoms with E-state index in [1.807, 2.05) is 0 Å². The number of ether oxygens (including phenoxy) is 2. The molecule has 1 heterocycles. The van der Waals surface area contributed by atoms with E-state index in [9.17, 15) is 13.2 Å². The number of halogens is 3. The van der Waals surface area contributed by atoms with E-state index in [2.05, 4.69) is 6.92 Å². The lowest BCUT2D eigenvalue weighted by Gasteiger charge is -2.36. The van der Waals surface area contributed by atoms with Gasteiger partial charge in [0.25, 0.3) is 0 Å². The van der Waals surface area contributed by atoms with Crippen LogP contribution in [0.4, 0.5) is 13.2 Å². The zero-order valence-corrected chi connectivity index (χ0v) is 12.7. The van der Waals surface area contributed by atoms with E-state index in [-0.39, 0.29) is 12.7 Å². The molecule has 2 aliphatic carbocycles. The molecule has 1 saturated carbocycles. The van der Waals surface area contributed by atoms with Crippen molar-refractivity contribution in [2.75, 3.05) is 13.2 Å². The maximum atomic E-state index is 13.4. The number of rotatable bonds is 1. The fourth-order valence-corrected chi connectivity index (χ4v) is 3.34. The van der Waals surface area contributed by atoms with E-state index in [1.165, 1.54) is 0 Å². The number of hydrogen-bond donors (Lipinski definition) is 0. The summed E-state index contributed by atoms with van der Waals surface area (Å²) < 4.78 is 51.3. The van der Waals surface area contributed by atoms with Crippen molar-refractivity contribution < 1.29 is 22.6 Å².